The van der Waals surface area contributed by atoms with Crippen LogP contribution in [0.3, 0.4) is 0 Å². The summed E-state index contributed by atoms with van der Waals surface area (Å²) in [4.78, 5) is 17.2. The van der Waals surface area contributed by atoms with Gasteiger partial charge in [0, 0.05) is 24.9 Å². The second-order valence-corrected chi connectivity index (χ2v) is 6.94. The Morgan fingerprint density at radius 2 is 1.53 bits per heavy atom. The number of anilines is 1. The zero-order valence-electron chi connectivity index (χ0n) is 17.6. The third-order valence-corrected chi connectivity index (χ3v) is 4.69. The van der Waals surface area contributed by atoms with Crippen LogP contribution in [0.4, 0.5) is 5.69 Å². The van der Waals surface area contributed by atoms with Crippen LogP contribution in [0, 0.1) is 6.92 Å². The first-order chi connectivity index (χ1) is 14.5. The second kappa shape index (κ2) is 9.89. The van der Waals surface area contributed by atoms with Crippen LogP contribution in [0.25, 0.3) is 0 Å². The number of pyridine rings is 1. The average Bonchev–Trinajstić information content (AvgIpc) is 2.75. The van der Waals surface area contributed by atoms with Crippen molar-refractivity contribution < 1.29 is 19.0 Å². The van der Waals surface area contributed by atoms with E-state index < -0.39 is 0 Å². The van der Waals surface area contributed by atoms with Crippen LogP contribution in [0.15, 0.2) is 60.7 Å². The Morgan fingerprint density at radius 1 is 0.933 bits per heavy atom. The lowest BCUT2D eigenvalue weighted by molar-refractivity contribution is 0.102. The molecule has 1 amide bonds. The largest absolute Gasteiger partial charge is 0.497 e. The summed E-state index contributed by atoms with van der Waals surface area (Å²) < 4.78 is 16.2. The fraction of sp³-hybridized carbons (Fsp3) is 0.250. The molecule has 1 aromatic heterocycles. The smallest absolute Gasteiger partial charge is 0.257 e. The van der Waals surface area contributed by atoms with E-state index in [1.165, 1.54) is 0 Å². The van der Waals surface area contributed by atoms with Crippen molar-refractivity contribution in [2.75, 3.05) is 19.5 Å². The van der Waals surface area contributed by atoms with Crippen LogP contribution >= 0.6 is 0 Å². The maximum atomic E-state index is 12.6. The van der Waals surface area contributed by atoms with Crippen LogP contribution in [0.5, 0.6) is 17.2 Å². The highest BCUT2D eigenvalue weighted by Crippen LogP contribution is 2.25. The summed E-state index contributed by atoms with van der Waals surface area (Å²) in [6.45, 7) is 3.82. The lowest BCUT2D eigenvalue weighted by atomic mass is 10.1. The number of nitrogens with one attached hydrogen (secondary N) is 1. The molecule has 0 aliphatic heterocycles. The minimum atomic E-state index is -0.199. The van der Waals surface area contributed by atoms with Gasteiger partial charge in [0.1, 0.15) is 17.2 Å². The molecule has 156 valence electrons. The third-order valence-electron chi connectivity index (χ3n) is 4.69. The van der Waals surface area contributed by atoms with Crippen LogP contribution < -0.4 is 14.8 Å². The monoisotopic (exact) mass is 406 g/mol. The van der Waals surface area contributed by atoms with Crippen LogP contribution in [0.1, 0.15) is 28.7 Å². The first kappa shape index (κ1) is 21.3. The summed E-state index contributed by atoms with van der Waals surface area (Å²) in [5.74, 6) is 1.95. The van der Waals surface area contributed by atoms with Gasteiger partial charge >= 0.3 is 0 Å². The fourth-order valence-corrected chi connectivity index (χ4v) is 2.93. The molecule has 0 saturated carbocycles. The van der Waals surface area contributed by atoms with Gasteiger partial charge in [0.05, 0.1) is 24.5 Å². The molecule has 0 saturated heterocycles. The van der Waals surface area contributed by atoms with Gasteiger partial charge in [0.2, 0.25) is 0 Å². The van der Waals surface area contributed by atoms with Gasteiger partial charge in [0.25, 0.3) is 5.91 Å². The quantitative estimate of drug-likeness (QED) is 0.569. The number of rotatable bonds is 8. The molecule has 1 unspecified atom stereocenters. The van der Waals surface area contributed by atoms with Crippen molar-refractivity contribution in [3.8, 4) is 17.2 Å². The molecule has 0 aliphatic rings. The molecular weight excluding hydrogens is 380 g/mol. The number of aromatic nitrogens is 1. The number of methoxy groups -OCH3 is 2. The third kappa shape index (κ3) is 5.58. The first-order valence-electron chi connectivity index (χ1n) is 9.71. The van der Waals surface area contributed by atoms with Gasteiger partial charge in [-0.1, -0.05) is 0 Å². The van der Waals surface area contributed by atoms with Crippen molar-refractivity contribution in [2.45, 2.75) is 26.4 Å². The van der Waals surface area contributed by atoms with Crippen LogP contribution in [-0.2, 0) is 11.2 Å². The van der Waals surface area contributed by atoms with Crippen molar-refractivity contribution in [2.24, 2.45) is 0 Å². The Kier molecular flexibility index (Phi) is 7.03. The standard InChI is InChI=1S/C24H26N2O4/c1-16(28-3)15-19-7-14-23(17(2)25-19)24(27)26-18-5-8-21(9-6-18)30-22-12-10-20(29-4)11-13-22/h5-14,16H,15H2,1-4H3,(H,26,27). The molecule has 0 spiro atoms. The Bertz CT molecular complexity index is 985. The van der Waals surface area contributed by atoms with E-state index >= 15 is 0 Å². The highest BCUT2D eigenvalue weighted by Gasteiger charge is 2.12. The Balaban J connectivity index is 1.62. The molecule has 0 bridgehead atoms. The summed E-state index contributed by atoms with van der Waals surface area (Å²) >= 11 is 0. The van der Waals surface area contributed by atoms with Crippen molar-refractivity contribution in [3.05, 3.63) is 77.6 Å². The first-order valence-corrected chi connectivity index (χ1v) is 9.71. The van der Waals surface area contributed by atoms with Crippen molar-refractivity contribution in [1.29, 1.82) is 0 Å². The molecule has 0 aliphatic carbocycles. The van der Waals surface area contributed by atoms with E-state index in [0.29, 0.717) is 34.9 Å². The summed E-state index contributed by atoms with van der Waals surface area (Å²) in [6, 6.07) is 18.2. The topological polar surface area (TPSA) is 69.7 Å². The molecule has 0 fully saturated rings. The number of ether oxygens (including phenoxy) is 3. The molecule has 30 heavy (non-hydrogen) atoms. The molecular formula is C24H26N2O4. The number of hydrogen-bond donors (Lipinski definition) is 1. The number of aryl methyl sites for hydroxylation is 1. The Labute approximate surface area is 176 Å². The molecule has 1 N–H and O–H groups in total. The highest BCUT2D eigenvalue weighted by atomic mass is 16.5. The summed E-state index contributed by atoms with van der Waals surface area (Å²) in [5, 5.41) is 2.90. The van der Waals surface area contributed by atoms with Crippen LogP contribution in [-0.4, -0.2) is 31.2 Å². The van der Waals surface area contributed by atoms with Crippen LogP contribution in [0.2, 0.25) is 0 Å². The van der Waals surface area contributed by atoms with E-state index in [9.17, 15) is 4.79 Å². The lowest BCUT2D eigenvalue weighted by Crippen LogP contribution is -2.16. The number of carbonyl (C=O) groups is 1. The van der Waals surface area contributed by atoms with Gasteiger partial charge in [0.15, 0.2) is 0 Å². The van der Waals surface area contributed by atoms with Gasteiger partial charge in [-0.25, -0.2) is 0 Å². The predicted molar refractivity (Wildman–Crippen MR) is 117 cm³/mol. The summed E-state index contributed by atoms with van der Waals surface area (Å²) in [7, 11) is 3.29. The van der Waals surface area contributed by atoms with Crippen molar-refractivity contribution in [3.63, 3.8) is 0 Å². The molecule has 2 aromatic carbocycles. The molecule has 6 heteroatoms. The minimum Gasteiger partial charge on any atom is -0.497 e. The maximum Gasteiger partial charge on any atom is 0.257 e. The zero-order chi connectivity index (χ0) is 21.5. The molecule has 3 aromatic rings. The van der Waals surface area contributed by atoms with E-state index in [4.69, 9.17) is 14.2 Å². The van der Waals surface area contributed by atoms with Gasteiger partial charge in [-0.3, -0.25) is 9.78 Å². The lowest BCUT2D eigenvalue weighted by Gasteiger charge is -2.12. The zero-order valence-corrected chi connectivity index (χ0v) is 17.6. The summed E-state index contributed by atoms with van der Waals surface area (Å²) in [6.07, 6.45) is 0.782. The number of carbonyl (C=O) groups excluding carboxylic acids is 1. The van der Waals surface area contributed by atoms with E-state index in [0.717, 1.165) is 11.4 Å². The van der Waals surface area contributed by atoms with Gasteiger partial charge in [-0.15, -0.1) is 0 Å². The highest BCUT2D eigenvalue weighted by molar-refractivity contribution is 6.05. The number of hydrogen-bond acceptors (Lipinski definition) is 5. The molecule has 3 rings (SSSR count). The SMILES string of the molecule is COc1ccc(Oc2ccc(NC(=O)c3ccc(CC(C)OC)nc3C)cc2)cc1. The number of benzene rings is 2. The predicted octanol–water partition coefficient (Wildman–Crippen LogP) is 5.02. The molecule has 6 nitrogen and oxygen atoms in total. The molecule has 1 atom stereocenters. The Morgan fingerprint density at radius 3 is 2.10 bits per heavy atom. The van der Waals surface area contributed by atoms with Gasteiger partial charge in [-0.05, 0) is 74.5 Å². The van der Waals surface area contributed by atoms with E-state index in [1.54, 1.807) is 44.6 Å². The second-order valence-electron chi connectivity index (χ2n) is 6.94. The van der Waals surface area contributed by atoms with E-state index in [2.05, 4.69) is 10.3 Å². The number of nitrogens with zero attached hydrogens (tertiary/aromatic N) is 1. The van der Waals surface area contributed by atoms with Gasteiger partial charge < -0.3 is 19.5 Å². The Hall–Kier alpha value is -3.38. The average molecular weight is 406 g/mol. The normalized spacial score (nSPS) is 11.6. The maximum absolute atomic E-state index is 12.6. The van der Waals surface area contributed by atoms with Crippen molar-refractivity contribution >= 4 is 11.6 Å². The number of amides is 1. The minimum absolute atomic E-state index is 0.0789. The van der Waals surface area contributed by atoms with Crippen molar-refractivity contribution in [1.82, 2.24) is 4.98 Å². The van der Waals surface area contributed by atoms with E-state index in [-0.39, 0.29) is 12.0 Å². The molecule has 1 heterocycles. The fourth-order valence-electron chi connectivity index (χ4n) is 2.93. The van der Waals surface area contributed by atoms with E-state index in [1.807, 2.05) is 44.2 Å². The van der Waals surface area contributed by atoms with Gasteiger partial charge in [-0.2, -0.15) is 0 Å². The molecule has 0 radical (unpaired) electrons. The summed E-state index contributed by atoms with van der Waals surface area (Å²) in [5.41, 5.74) is 2.81.